The van der Waals surface area contributed by atoms with Gasteiger partial charge in [-0.2, -0.15) is 0 Å². The van der Waals surface area contributed by atoms with Gasteiger partial charge >= 0.3 is 5.97 Å². The summed E-state index contributed by atoms with van der Waals surface area (Å²) in [6.07, 6.45) is 0.833. The van der Waals surface area contributed by atoms with E-state index < -0.39 is 5.97 Å². The normalized spacial score (nSPS) is 4.00. The minimum Gasteiger partial charge on any atom is -0.478 e. The molecule has 0 aliphatic rings. The molecule has 0 amide bonds. The maximum atomic E-state index is 9.25. The van der Waals surface area contributed by atoms with Crippen molar-refractivity contribution in [3.8, 4) is 0 Å². The van der Waals surface area contributed by atoms with Gasteiger partial charge in [0.25, 0.3) is 0 Å². The first-order valence-electron chi connectivity index (χ1n) is 1.12. The summed E-state index contributed by atoms with van der Waals surface area (Å²) in [5.74, 6) is -0.981. The minimum absolute atomic E-state index is 0. The largest absolute Gasteiger partial charge is 0.478 e. The molecule has 0 saturated heterocycles. The minimum atomic E-state index is -0.981. The average Bonchev–Trinajstić information content (AvgIpc) is 1.38. The number of hydrogen-bond acceptors (Lipinski definition) is 4. The first-order valence-corrected chi connectivity index (χ1v) is 1.12. The van der Waals surface area contributed by atoms with Gasteiger partial charge in [-0.15, -0.1) is 0 Å². The summed E-state index contributed by atoms with van der Waals surface area (Å²) in [5, 5.41) is 7.60. The number of hydrogen-bond donors (Lipinski definition) is 4. The standard InChI is InChI=1S/C3H4O2.3H3N/c1-2-3(4)5;;;/h2H,1H2,(H,4,5);3*1H3. The Labute approximate surface area is 48.1 Å². The molecule has 8 heavy (non-hydrogen) atoms. The zero-order valence-electron chi connectivity index (χ0n) is 4.76. The Balaban J connectivity index is -0.0000000267. The summed E-state index contributed by atoms with van der Waals surface area (Å²) in [5.41, 5.74) is 0. The monoisotopic (exact) mass is 123 g/mol. The molecule has 0 unspecified atom stereocenters. The van der Waals surface area contributed by atoms with E-state index in [4.69, 9.17) is 5.11 Å². The molecule has 0 aromatic carbocycles. The van der Waals surface area contributed by atoms with Crippen molar-refractivity contribution in [1.82, 2.24) is 18.5 Å². The second kappa shape index (κ2) is 16.5. The van der Waals surface area contributed by atoms with Crippen LogP contribution in [0.25, 0.3) is 0 Å². The van der Waals surface area contributed by atoms with Crippen LogP contribution in [-0.4, -0.2) is 11.1 Å². The van der Waals surface area contributed by atoms with Crippen LogP contribution in [0.5, 0.6) is 0 Å². The summed E-state index contributed by atoms with van der Waals surface area (Å²) < 4.78 is 0. The predicted octanol–water partition coefficient (Wildman–Crippen LogP) is 0.743. The Bertz CT molecular complexity index is 63.5. The number of rotatable bonds is 1. The van der Waals surface area contributed by atoms with Crippen LogP contribution in [0.3, 0.4) is 0 Å². The SMILES string of the molecule is C=CC(=O)O.N.N.N. The fraction of sp³-hybridized carbons (Fsp3) is 0. The quantitative estimate of drug-likeness (QED) is 0.380. The molecule has 52 valence electrons. The summed E-state index contributed by atoms with van der Waals surface area (Å²) in [6, 6.07) is 0. The topological polar surface area (TPSA) is 142 Å². The third kappa shape index (κ3) is 71.7. The molecule has 0 saturated carbocycles. The number of carboxylic acid groups (broad SMARTS) is 1. The predicted molar refractivity (Wildman–Crippen MR) is 32.9 cm³/mol. The Kier molecular flexibility index (Phi) is 56.9. The van der Waals surface area contributed by atoms with E-state index in [1.54, 1.807) is 0 Å². The zero-order valence-corrected chi connectivity index (χ0v) is 4.76. The van der Waals surface area contributed by atoms with E-state index >= 15 is 0 Å². The molecule has 0 aromatic rings. The molecule has 5 nitrogen and oxygen atoms in total. The fourth-order valence-electron chi connectivity index (χ4n) is 0. The van der Waals surface area contributed by atoms with Gasteiger partial charge in [-0.25, -0.2) is 4.79 Å². The van der Waals surface area contributed by atoms with Gasteiger partial charge < -0.3 is 23.6 Å². The summed E-state index contributed by atoms with van der Waals surface area (Å²) in [6.45, 7) is 2.96. The Morgan fingerprint density at radius 1 is 1.38 bits per heavy atom. The van der Waals surface area contributed by atoms with Gasteiger partial charge in [0.05, 0.1) is 0 Å². The van der Waals surface area contributed by atoms with Crippen molar-refractivity contribution in [2.45, 2.75) is 0 Å². The van der Waals surface area contributed by atoms with Crippen molar-refractivity contribution in [2.24, 2.45) is 0 Å². The van der Waals surface area contributed by atoms with Gasteiger partial charge in [0.2, 0.25) is 0 Å². The Hall–Kier alpha value is -0.910. The van der Waals surface area contributed by atoms with Gasteiger partial charge in [0.15, 0.2) is 0 Å². The van der Waals surface area contributed by atoms with Gasteiger partial charge in [-0.3, -0.25) is 0 Å². The third-order valence-electron chi connectivity index (χ3n) is 0.175. The van der Waals surface area contributed by atoms with Crippen LogP contribution >= 0.6 is 0 Å². The van der Waals surface area contributed by atoms with Crippen LogP contribution in [0.15, 0.2) is 12.7 Å². The van der Waals surface area contributed by atoms with Crippen LogP contribution in [0, 0.1) is 0 Å². The van der Waals surface area contributed by atoms with Crippen LogP contribution in [0.4, 0.5) is 0 Å². The van der Waals surface area contributed by atoms with Crippen LogP contribution in [0.2, 0.25) is 0 Å². The molecular weight excluding hydrogens is 110 g/mol. The molecule has 0 radical (unpaired) electrons. The van der Waals surface area contributed by atoms with Crippen molar-refractivity contribution in [3.63, 3.8) is 0 Å². The Morgan fingerprint density at radius 2 is 1.50 bits per heavy atom. The van der Waals surface area contributed by atoms with Gasteiger partial charge in [0, 0.05) is 6.08 Å². The van der Waals surface area contributed by atoms with Crippen molar-refractivity contribution in [1.29, 1.82) is 0 Å². The van der Waals surface area contributed by atoms with Crippen molar-refractivity contribution in [2.75, 3.05) is 0 Å². The summed E-state index contributed by atoms with van der Waals surface area (Å²) in [4.78, 5) is 9.25. The van der Waals surface area contributed by atoms with Crippen LogP contribution in [0.1, 0.15) is 0 Å². The van der Waals surface area contributed by atoms with E-state index in [-0.39, 0.29) is 18.5 Å². The molecule has 0 heterocycles. The maximum absolute atomic E-state index is 9.25. The molecule has 0 atom stereocenters. The lowest BCUT2D eigenvalue weighted by Crippen LogP contribution is -1.82. The molecular formula is C3H13N3O2. The highest BCUT2D eigenvalue weighted by Crippen LogP contribution is 1.54. The lowest BCUT2D eigenvalue weighted by atomic mass is 10.7. The molecule has 0 fully saturated rings. The average molecular weight is 123 g/mol. The highest BCUT2D eigenvalue weighted by Gasteiger charge is 1.73. The molecule has 0 aromatic heterocycles. The molecule has 10 N–H and O–H groups in total. The maximum Gasteiger partial charge on any atom is 0.327 e. The fourth-order valence-corrected chi connectivity index (χ4v) is 0. The van der Waals surface area contributed by atoms with Crippen molar-refractivity contribution in [3.05, 3.63) is 12.7 Å². The smallest absolute Gasteiger partial charge is 0.327 e. The third-order valence-corrected chi connectivity index (χ3v) is 0.175. The van der Waals surface area contributed by atoms with Gasteiger partial charge in [-0.1, -0.05) is 6.58 Å². The van der Waals surface area contributed by atoms with Crippen molar-refractivity contribution >= 4 is 5.97 Å². The van der Waals surface area contributed by atoms with Gasteiger partial charge in [0.1, 0.15) is 0 Å². The van der Waals surface area contributed by atoms with Crippen LogP contribution in [-0.2, 0) is 4.79 Å². The molecule has 0 spiro atoms. The van der Waals surface area contributed by atoms with E-state index in [9.17, 15) is 4.79 Å². The molecule has 5 heteroatoms. The molecule has 0 rings (SSSR count). The zero-order chi connectivity index (χ0) is 4.28. The van der Waals surface area contributed by atoms with E-state index in [2.05, 4.69) is 6.58 Å². The molecule has 0 bridgehead atoms. The van der Waals surface area contributed by atoms with E-state index in [0.717, 1.165) is 6.08 Å². The highest BCUT2D eigenvalue weighted by atomic mass is 16.4. The highest BCUT2D eigenvalue weighted by molar-refractivity contribution is 5.78. The first kappa shape index (κ1) is 27.5. The van der Waals surface area contributed by atoms with E-state index in [1.165, 1.54) is 0 Å². The van der Waals surface area contributed by atoms with E-state index in [0.29, 0.717) is 0 Å². The van der Waals surface area contributed by atoms with Crippen LogP contribution < -0.4 is 18.5 Å². The summed E-state index contributed by atoms with van der Waals surface area (Å²) in [7, 11) is 0. The van der Waals surface area contributed by atoms with Gasteiger partial charge in [-0.05, 0) is 0 Å². The van der Waals surface area contributed by atoms with Crippen molar-refractivity contribution < 1.29 is 9.90 Å². The second-order valence-corrected chi connectivity index (χ2v) is 0.542. The van der Waals surface area contributed by atoms with E-state index in [1.807, 2.05) is 0 Å². The first-order chi connectivity index (χ1) is 2.27. The number of aliphatic carboxylic acids is 1. The molecule has 0 aliphatic carbocycles. The lowest BCUT2D eigenvalue weighted by Gasteiger charge is -1.64. The summed E-state index contributed by atoms with van der Waals surface area (Å²) >= 11 is 0. The number of carbonyl (C=O) groups is 1. The molecule has 0 aliphatic heterocycles. The second-order valence-electron chi connectivity index (χ2n) is 0.542. The lowest BCUT2D eigenvalue weighted by molar-refractivity contribution is -0.131. The Morgan fingerprint density at radius 3 is 1.50 bits per heavy atom. The number of carboxylic acids is 1.